The second-order valence-electron chi connectivity index (χ2n) is 4.71. The Hall–Kier alpha value is -1.91. The van der Waals surface area contributed by atoms with Crippen molar-refractivity contribution in [2.24, 2.45) is 5.92 Å². The van der Waals surface area contributed by atoms with E-state index in [1.54, 1.807) is 11.0 Å². The van der Waals surface area contributed by atoms with Crippen molar-refractivity contribution < 1.29 is 14.3 Å². The average molecular weight is 246 g/mol. The summed E-state index contributed by atoms with van der Waals surface area (Å²) in [5.74, 6) is 0.682. The standard InChI is InChI=1S/C13H14N2O3/c1-18-13(17)10-6-9-4-5-15(11(9)14-7-10)12(16)8-2-3-8/h6-8H,2-5H2,1H3. The average Bonchev–Trinajstić information content (AvgIpc) is 3.16. The van der Waals surface area contributed by atoms with E-state index < -0.39 is 5.97 Å². The molecule has 5 nitrogen and oxygen atoms in total. The van der Waals surface area contributed by atoms with Crippen molar-refractivity contribution in [2.45, 2.75) is 19.3 Å². The van der Waals surface area contributed by atoms with Gasteiger partial charge in [-0.05, 0) is 30.9 Å². The van der Waals surface area contributed by atoms with Crippen molar-refractivity contribution >= 4 is 17.7 Å². The minimum absolute atomic E-state index is 0.173. The number of carbonyl (C=O) groups is 2. The Morgan fingerprint density at radius 2 is 2.22 bits per heavy atom. The number of fused-ring (bicyclic) bond motifs is 1. The molecule has 1 aromatic rings. The summed E-state index contributed by atoms with van der Waals surface area (Å²) in [5, 5.41) is 0. The summed E-state index contributed by atoms with van der Waals surface area (Å²) in [6, 6.07) is 1.77. The molecular formula is C13H14N2O3. The van der Waals surface area contributed by atoms with Crippen molar-refractivity contribution in [3.63, 3.8) is 0 Å². The highest BCUT2D eigenvalue weighted by Crippen LogP contribution is 2.35. The van der Waals surface area contributed by atoms with Gasteiger partial charge in [-0.1, -0.05) is 0 Å². The Kier molecular flexibility index (Phi) is 2.54. The van der Waals surface area contributed by atoms with E-state index >= 15 is 0 Å². The molecule has 0 bridgehead atoms. The van der Waals surface area contributed by atoms with Crippen LogP contribution in [0.1, 0.15) is 28.8 Å². The van der Waals surface area contributed by atoms with Crippen molar-refractivity contribution in [3.05, 3.63) is 23.4 Å². The first-order valence-electron chi connectivity index (χ1n) is 6.09. The second kappa shape index (κ2) is 4.08. The molecule has 1 amide bonds. The molecule has 0 unspecified atom stereocenters. The number of esters is 1. The van der Waals surface area contributed by atoms with Crippen LogP contribution in [0.5, 0.6) is 0 Å². The lowest BCUT2D eigenvalue weighted by Gasteiger charge is -2.15. The summed E-state index contributed by atoms with van der Waals surface area (Å²) < 4.78 is 4.66. The number of rotatable bonds is 2. The molecule has 3 rings (SSSR count). The SMILES string of the molecule is COC(=O)c1cnc2c(c1)CCN2C(=O)C1CC1. The van der Waals surface area contributed by atoms with Crippen LogP contribution in [0, 0.1) is 5.92 Å². The number of pyridine rings is 1. The van der Waals surface area contributed by atoms with Crippen molar-refractivity contribution in [1.29, 1.82) is 0 Å². The highest BCUT2D eigenvalue weighted by Gasteiger charge is 2.37. The smallest absolute Gasteiger partial charge is 0.339 e. The predicted octanol–water partition coefficient (Wildman–Crippen LogP) is 1.17. The summed E-state index contributed by atoms with van der Waals surface area (Å²) >= 11 is 0. The third-order valence-electron chi connectivity index (χ3n) is 3.42. The van der Waals surface area contributed by atoms with Crippen LogP contribution in [0.3, 0.4) is 0 Å². The van der Waals surface area contributed by atoms with Gasteiger partial charge in [-0.2, -0.15) is 0 Å². The normalized spacial score (nSPS) is 17.5. The lowest BCUT2D eigenvalue weighted by atomic mass is 10.2. The molecule has 0 aromatic carbocycles. The van der Waals surface area contributed by atoms with Crippen LogP contribution in [0.4, 0.5) is 5.82 Å². The molecule has 2 aliphatic rings. The van der Waals surface area contributed by atoms with E-state index in [0.29, 0.717) is 17.9 Å². The maximum absolute atomic E-state index is 12.0. The zero-order valence-corrected chi connectivity index (χ0v) is 10.2. The topological polar surface area (TPSA) is 59.5 Å². The second-order valence-corrected chi connectivity index (χ2v) is 4.71. The minimum Gasteiger partial charge on any atom is -0.465 e. The lowest BCUT2D eigenvalue weighted by molar-refractivity contribution is -0.119. The number of nitrogens with zero attached hydrogens (tertiary/aromatic N) is 2. The molecule has 1 aliphatic heterocycles. The molecule has 1 aliphatic carbocycles. The summed E-state index contributed by atoms with van der Waals surface area (Å²) in [6.45, 7) is 0.669. The highest BCUT2D eigenvalue weighted by atomic mass is 16.5. The molecule has 2 heterocycles. The van der Waals surface area contributed by atoms with Crippen molar-refractivity contribution in [3.8, 4) is 0 Å². The van der Waals surface area contributed by atoms with Crippen LogP contribution in [-0.4, -0.2) is 30.5 Å². The maximum atomic E-state index is 12.0. The summed E-state index contributed by atoms with van der Waals surface area (Å²) in [5.41, 5.74) is 1.39. The molecule has 0 radical (unpaired) electrons. The Balaban J connectivity index is 1.88. The maximum Gasteiger partial charge on any atom is 0.339 e. The van der Waals surface area contributed by atoms with Gasteiger partial charge < -0.3 is 4.74 Å². The Morgan fingerprint density at radius 1 is 1.44 bits per heavy atom. The number of hydrogen-bond donors (Lipinski definition) is 0. The van der Waals surface area contributed by atoms with Crippen LogP contribution in [0.15, 0.2) is 12.3 Å². The Morgan fingerprint density at radius 3 is 2.89 bits per heavy atom. The van der Waals surface area contributed by atoms with Gasteiger partial charge in [0.25, 0.3) is 0 Å². The van der Waals surface area contributed by atoms with Gasteiger partial charge in [0, 0.05) is 18.7 Å². The van der Waals surface area contributed by atoms with Gasteiger partial charge in [-0.15, -0.1) is 0 Å². The minimum atomic E-state index is -0.391. The molecule has 5 heteroatoms. The van der Waals surface area contributed by atoms with Crippen molar-refractivity contribution in [1.82, 2.24) is 4.98 Å². The zero-order valence-electron chi connectivity index (χ0n) is 10.2. The molecule has 1 aromatic heterocycles. The van der Waals surface area contributed by atoms with Crippen LogP contribution in [0.2, 0.25) is 0 Å². The molecule has 94 valence electrons. The van der Waals surface area contributed by atoms with E-state index in [1.165, 1.54) is 13.3 Å². The van der Waals surface area contributed by atoms with Gasteiger partial charge in [-0.25, -0.2) is 9.78 Å². The van der Waals surface area contributed by atoms with E-state index in [-0.39, 0.29) is 11.8 Å². The summed E-state index contributed by atoms with van der Waals surface area (Å²) in [6.07, 6.45) is 4.21. The monoisotopic (exact) mass is 246 g/mol. The number of amides is 1. The van der Waals surface area contributed by atoms with E-state index in [9.17, 15) is 9.59 Å². The fourth-order valence-corrected chi connectivity index (χ4v) is 2.26. The lowest BCUT2D eigenvalue weighted by Crippen LogP contribution is -2.30. The van der Waals surface area contributed by atoms with Gasteiger partial charge in [0.05, 0.1) is 12.7 Å². The molecule has 1 saturated carbocycles. The summed E-state index contributed by atoms with van der Waals surface area (Å²) in [7, 11) is 1.35. The van der Waals surface area contributed by atoms with E-state index in [0.717, 1.165) is 24.8 Å². The van der Waals surface area contributed by atoms with Crippen LogP contribution in [0.25, 0.3) is 0 Å². The van der Waals surface area contributed by atoms with Gasteiger partial charge in [0.1, 0.15) is 5.82 Å². The Labute approximate surface area is 105 Å². The van der Waals surface area contributed by atoms with E-state index in [2.05, 4.69) is 9.72 Å². The van der Waals surface area contributed by atoms with Crippen LogP contribution < -0.4 is 4.90 Å². The highest BCUT2D eigenvalue weighted by molar-refractivity contribution is 5.98. The van der Waals surface area contributed by atoms with E-state index in [1.807, 2.05) is 0 Å². The predicted molar refractivity (Wildman–Crippen MR) is 64.4 cm³/mol. The number of hydrogen-bond acceptors (Lipinski definition) is 4. The largest absolute Gasteiger partial charge is 0.465 e. The number of carbonyl (C=O) groups excluding carboxylic acids is 2. The number of anilines is 1. The van der Waals surface area contributed by atoms with Gasteiger partial charge in [-0.3, -0.25) is 9.69 Å². The molecule has 0 atom stereocenters. The van der Waals surface area contributed by atoms with E-state index in [4.69, 9.17) is 0 Å². The summed E-state index contributed by atoms with van der Waals surface area (Å²) in [4.78, 5) is 29.4. The van der Waals surface area contributed by atoms with Crippen molar-refractivity contribution in [2.75, 3.05) is 18.6 Å². The number of aromatic nitrogens is 1. The fraction of sp³-hybridized carbons (Fsp3) is 0.462. The first-order valence-corrected chi connectivity index (χ1v) is 6.09. The molecule has 18 heavy (non-hydrogen) atoms. The number of ether oxygens (including phenoxy) is 1. The molecule has 0 saturated heterocycles. The quantitative estimate of drug-likeness (QED) is 0.735. The van der Waals surface area contributed by atoms with Crippen LogP contribution >= 0.6 is 0 Å². The molecule has 0 spiro atoms. The fourth-order valence-electron chi connectivity index (χ4n) is 2.26. The third-order valence-corrected chi connectivity index (χ3v) is 3.42. The third kappa shape index (κ3) is 1.75. The Bertz CT molecular complexity index is 523. The van der Waals surface area contributed by atoms with Gasteiger partial charge in [0.2, 0.25) is 5.91 Å². The molecular weight excluding hydrogens is 232 g/mol. The number of methoxy groups -OCH3 is 1. The van der Waals surface area contributed by atoms with Gasteiger partial charge in [0.15, 0.2) is 0 Å². The zero-order chi connectivity index (χ0) is 12.7. The first-order chi connectivity index (χ1) is 8.70. The molecule has 0 N–H and O–H groups in total. The first kappa shape index (κ1) is 11.2. The van der Waals surface area contributed by atoms with Crippen LogP contribution in [-0.2, 0) is 16.0 Å². The van der Waals surface area contributed by atoms with Gasteiger partial charge >= 0.3 is 5.97 Å². The molecule has 1 fully saturated rings.